The van der Waals surface area contributed by atoms with Gasteiger partial charge in [0, 0.05) is 34.0 Å². The molecule has 0 amide bonds. The number of pyridine rings is 1. The lowest BCUT2D eigenvalue weighted by Crippen LogP contribution is -2.28. The number of rotatable bonds is 6. The quantitative estimate of drug-likeness (QED) is 0.310. The Labute approximate surface area is 209 Å². The summed E-state index contributed by atoms with van der Waals surface area (Å²) in [6.07, 6.45) is 0.621. The van der Waals surface area contributed by atoms with Gasteiger partial charge in [-0.15, -0.1) is 0 Å². The van der Waals surface area contributed by atoms with Crippen LogP contribution in [0.1, 0.15) is 49.3 Å². The Hall–Kier alpha value is -3.22. The maximum Gasteiger partial charge on any atom is 0.337 e. The van der Waals surface area contributed by atoms with E-state index in [9.17, 15) is 14.3 Å². The number of carboxylic acids is 1. The van der Waals surface area contributed by atoms with Crippen LogP contribution in [0, 0.1) is 19.7 Å². The lowest BCUT2D eigenvalue weighted by molar-refractivity contribution is -0.160. The maximum absolute atomic E-state index is 14.6. The molecule has 1 unspecified atom stereocenters. The van der Waals surface area contributed by atoms with E-state index in [1.165, 1.54) is 6.07 Å². The molecule has 0 bridgehead atoms. The normalized spacial score (nSPS) is 12.8. The monoisotopic (exact) mass is 494 g/mol. The SMILES string of the molecule is Cc1ccc(-c2c(C(OC(C)(C)C)C(=O)O)c(C)nc3c2ccn3Cc2cccc(Cl)c2F)cc1. The van der Waals surface area contributed by atoms with Crippen LogP contribution < -0.4 is 0 Å². The summed E-state index contributed by atoms with van der Waals surface area (Å²) in [6.45, 7) is 9.49. The molecule has 0 aliphatic rings. The molecule has 4 rings (SSSR count). The van der Waals surface area contributed by atoms with Crippen molar-refractivity contribution in [2.75, 3.05) is 0 Å². The molecular formula is C28H28ClFN2O3. The fraction of sp³-hybridized carbons (Fsp3) is 0.286. The average molecular weight is 495 g/mol. The predicted octanol–water partition coefficient (Wildman–Crippen LogP) is 7.10. The van der Waals surface area contributed by atoms with Crippen LogP contribution in [0.15, 0.2) is 54.7 Å². The molecule has 0 saturated heterocycles. The molecule has 0 fully saturated rings. The Morgan fingerprint density at radius 1 is 1.14 bits per heavy atom. The summed E-state index contributed by atoms with van der Waals surface area (Å²) < 4.78 is 22.5. The number of carbonyl (C=O) groups is 1. The van der Waals surface area contributed by atoms with Gasteiger partial charge in [0.1, 0.15) is 11.5 Å². The topological polar surface area (TPSA) is 64.3 Å². The van der Waals surface area contributed by atoms with Crippen LogP contribution in [0.4, 0.5) is 4.39 Å². The minimum absolute atomic E-state index is 0.0642. The number of benzene rings is 2. The zero-order chi connectivity index (χ0) is 25.5. The first-order valence-corrected chi connectivity index (χ1v) is 11.7. The molecule has 182 valence electrons. The summed E-state index contributed by atoms with van der Waals surface area (Å²) >= 11 is 5.98. The van der Waals surface area contributed by atoms with Gasteiger partial charge in [0.2, 0.25) is 0 Å². The third kappa shape index (κ3) is 5.09. The number of fused-ring (bicyclic) bond motifs is 1. The summed E-state index contributed by atoms with van der Waals surface area (Å²) in [4.78, 5) is 17.2. The van der Waals surface area contributed by atoms with E-state index in [0.29, 0.717) is 22.5 Å². The number of hydrogen-bond donors (Lipinski definition) is 1. The van der Waals surface area contributed by atoms with Gasteiger partial charge in [-0.1, -0.05) is 53.6 Å². The van der Waals surface area contributed by atoms with Crippen LogP contribution in [0.3, 0.4) is 0 Å². The lowest BCUT2D eigenvalue weighted by atomic mass is 9.92. The number of aryl methyl sites for hydroxylation is 2. The lowest BCUT2D eigenvalue weighted by Gasteiger charge is -2.28. The summed E-state index contributed by atoms with van der Waals surface area (Å²) in [7, 11) is 0. The Bertz CT molecular complexity index is 1400. The highest BCUT2D eigenvalue weighted by molar-refractivity contribution is 6.30. The first-order chi connectivity index (χ1) is 16.5. The van der Waals surface area contributed by atoms with Crippen molar-refractivity contribution in [3.8, 4) is 11.1 Å². The van der Waals surface area contributed by atoms with Gasteiger partial charge >= 0.3 is 5.97 Å². The van der Waals surface area contributed by atoms with Gasteiger partial charge in [-0.25, -0.2) is 14.2 Å². The second-order valence-electron chi connectivity index (χ2n) is 9.69. The number of aromatic nitrogens is 2. The molecular weight excluding hydrogens is 467 g/mol. The van der Waals surface area contributed by atoms with Crippen LogP contribution in [0.5, 0.6) is 0 Å². The van der Waals surface area contributed by atoms with Crippen LogP contribution in [-0.4, -0.2) is 26.2 Å². The van der Waals surface area contributed by atoms with Crippen molar-refractivity contribution in [1.29, 1.82) is 0 Å². The third-order valence-electron chi connectivity index (χ3n) is 5.81. The number of aliphatic carboxylic acids is 1. The minimum Gasteiger partial charge on any atom is -0.479 e. The number of carboxylic acid groups (broad SMARTS) is 1. The second kappa shape index (κ2) is 9.44. The molecule has 1 atom stereocenters. The van der Waals surface area contributed by atoms with E-state index in [-0.39, 0.29) is 11.6 Å². The van der Waals surface area contributed by atoms with Crippen LogP contribution in [0.25, 0.3) is 22.2 Å². The fourth-order valence-electron chi connectivity index (χ4n) is 4.25. The molecule has 0 radical (unpaired) electrons. The zero-order valence-electron chi connectivity index (χ0n) is 20.4. The van der Waals surface area contributed by atoms with Gasteiger partial charge in [-0.2, -0.15) is 0 Å². The van der Waals surface area contributed by atoms with Gasteiger partial charge < -0.3 is 14.4 Å². The van der Waals surface area contributed by atoms with Crippen molar-refractivity contribution in [2.24, 2.45) is 0 Å². The second-order valence-corrected chi connectivity index (χ2v) is 10.1. The first-order valence-electron chi connectivity index (χ1n) is 11.4. The molecule has 7 heteroatoms. The highest BCUT2D eigenvalue weighted by Gasteiger charge is 2.32. The highest BCUT2D eigenvalue weighted by atomic mass is 35.5. The molecule has 2 aromatic carbocycles. The maximum atomic E-state index is 14.6. The van der Waals surface area contributed by atoms with Crippen LogP contribution in [0.2, 0.25) is 5.02 Å². The first kappa shape index (κ1) is 24.9. The van der Waals surface area contributed by atoms with Gasteiger partial charge in [0.15, 0.2) is 6.10 Å². The summed E-state index contributed by atoms with van der Waals surface area (Å²) in [6, 6.07) is 14.7. The predicted molar refractivity (Wildman–Crippen MR) is 136 cm³/mol. The van der Waals surface area contributed by atoms with E-state index in [1.807, 2.05) is 68.8 Å². The van der Waals surface area contributed by atoms with E-state index in [2.05, 4.69) is 0 Å². The largest absolute Gasteiger partial charge is 0.479 e. The Kier molecular flexibility index (Phi) is 6.71. The van der Waals surface area contributed by atoms with Crippen molar-refractivity contribution in [3.05, 3.63) is 88.0 Å². The number of ether oxygens (including phenoxy) is 1. The third-order valence-corrected chi connectivity index (χ3v) is 6.10. The molecule has 0 spiro atoms. The van der Waals surface area contributed by atoms with Gasteiger partial charge in [-0.05, 0) is 52.3 Å². The van der Waals surface area contributed by atoms with E-state index in [1.54, 1.807) is 19.1 Å². The standard InChI is InChI=1S/C28H28ClFN2O3/c1-16-9-11-18(12-10-16)23-20-13-14-32(15-19-7-6-8-21(29)24(19)30)26(20)31-17(2)22(23)25(27(33)34)35-28(3,4)5/h6-14,25H,15H2,1-5H3,(H,33,34). The summed E-state index contributed by atoms with van der Waals surface area (Å²) in [5, 5.41) is 11.0. The molecule has 35 heavy (non-hydrogen) atoms. The van der Waals surface area contributed by atoms with Crippen molar-refractivity contribution < 1.29 is 19.0 Å². The van der Waals surface area contributed by atoms with Crippen molar-refractivity contribution in [3.63, 3.8) is 0 Å². The molecule has 1 N–H and O–H groups in total. The van der Waals surface area contributed by atoms with E-state index in [4.69, 9.17) is 21.3 Å². The smallest absolute Gasteiger partial charge is 0.337 e. The minimum atomic E-state index is -1.21. The summed E-state index contributed by atoms with van der Waals surface area (Å²) in [5.41, 5.74) is 4.12. The number of halogens is 2. The fourth-order valence-corrected chi connectivity index (χ4v) is 4.44. The van der Waals surface area contributed by atoms with Crippen molar-refractivity contribution in [2.45, 2.75) is 52.9 Å². The molecule has 2 heterocycles. The zero-order valence-corrected chi connectivity index (χ0v) is 21.2. The van der Waals surface area contributed by atoms with E-state index >= 15 is 0 Å². The average Bonchev–Trinajstić information content (AvgIpc) is 3.16. The molecule has 0 aliphatic carbocycles. The highest BCUT2D eigenvalue weighted by Crippen LogP contribution is 2.40. The van der Waals surface area contributed by atoms with Gasteiger partial charge in [0.05, 0.1) is 17.2 Å². The van der Waals surface area contributed by atoms with Gasteiger partial charge in [0.25, 0.3) is 0 Å². The molecule has 4 aromatic rings. The van der Waals surface area contributed by atoms with E-state index < -0.39 is 23.5 Å². The van der Waals surface area contributed by atoms with Crippen molar-refractivity contribution in [1.82, 2.24) is 9.55 Å². The molecule has 0 saturated carbocycles. The number of hydrogen-bond acceptors (Lipinski definition) is 3. The Morgan fingerprint density at radius 2 is 1.83 bits per heavy atom. The Morgan fingerprint density at radius 3 is 2.46 bits per heavy atom. The molecule has 2 aromatic heterocycles. The van der Waals surface area contributed by atoms with Crippen LogP contribution in [-0.2, 0) is 16.1 Å². The summed E-state index contributed by atoms with van der Waals surface area (Å²) in [5.74, 6) is -1.55. The van der Waals surface area contributed by atoms with E-state index in [0.717, 1.165) is 22.1 Å². The number of nitrogens with zero attached hydrogens (tertiary/aromatic N) is 2. The molecule has 5 nitrogen and oxygen atoms in total. The van der Waals surface area contributed by atoms with Crippen molar-refractivity contribution >= 4 is 28.6 Å². The van der Waals surface area contributed by atoms with Gasteiger partial charge in [-0.3, -0.25) is 0 Å². The molecule has 0 aliphatic heterocycles. The van der Waals surface area contributed by atoms with Crippen LogP contribution >= 0.6 is 11.6 Å². The Balaban J connectivity index is 1.97.